The van der Waals surface area contributed by atoms with E-state index in [1.54, 1.807) is 7.11 Å². The van der Waals surface area contributed by atoms with Crippen molar-refractivity contribution in [1.82, 2.24) is 0 Å². The van der Waals surface area contributed by atoms with Crippen molar-refractivity contribution in [3.63, 3.8) is 0 Å². The molecular weight excluding hydrogens is 172 g/mol. The van der Waals surface area contributed by atoms with Crippen LogP contribution in [0.5, 0.6) is 0 Å². The van der Waals surface area contributed by atoms with Crippen molar-refractivity contribution in [3.05, 3.63) is 0 Å². The average molecular weight is 184 g/mol. The third kappa shape index (κ3) is 1.35. The van der Waals surface area contributed by atoms with Gasteiger partial charge in [0.05, 0.1) is 17.9 Å². The van der Waals surface area contributed by atoms with Gasteiger partial charge in [-0.25, -0.2) is 0 Å². The first-order valence-electron chi connectivity index (χ1n) is 4.50. The van der Waals surface area contributed by atoms with Crippen LogP contribution in [0.25, 0.3) is 0 Å². The Kier molecular flexibility index (Phi) is 2.07. The van der Waals surface area contributed by atoms with E-state index in [0.29, 0.717) is 12.8 Å². The van der Waals surface area contributed by atoms with E-state index >= 15 is 0 Å². The lowest BCUT2D eigenvalue weighted by Gasteiger charge is -2.26. The van der Waals surface area contributed by atoms with Crippen molar-refractivity contribution >= 4 is 11.9 Å². The van der Waals surface area contributed by atoms with Gasteiger partial charge in [0.2, 0.25) is 0 Å². The molecule has 0 aromatic rings. The van der Waals surface area contributed by atoms with Crippen LogP contribution in [0.4, 0.5) is 0 Å². The predicted octanol–water partition coefficient (Wildman–Crippen LogP) is 0.501. The third-order valence-corrected chi connectivity index (χ3v) is 2.94. The number of methoxy groups -OCH3 is 1. The first-order valence-corrected chi connectivity index (χ1v) is 4.50. The maximum absolute atomic E-state index is 11.2. The first kappa shape index (κ1) is 8.69. The normalized spacial score (nSPS) is 38.7. The number of hydrogen-bond acceptors (Lipinski definition) is 4. The number of rotatable bonds is 1. The molecule has 0 N–H and O–H groups in total. The molecule has 2 aliphatic rings. The van der Waals surface area contributed by atoms with Crippen LogP contribution in [0, 0.1) is 11.8 Å². The van der Waals surface area contributed by atoms with Crippen LogP contribution in [0.2, 0.25) is 0 Å². The maximum Gasteiger partial charge on any atom is 0.317 e. The monoisotopic (exact) mass is 184 g/mol. The zero-order valence-electron chi connectivity index (χ0n) is 7.49. The zero-order chi connectivity index (χ0) is 9.42. The highest BCUT2D eigenvalue weighted by Gasteiger charge is 2.47. The smallest absolute Gasteiger partial charge is 0.317 e. The lowest BCUT2D eigenvalue weighted by Crippen LogP contribution is -2.30. The molecule has 2 fully saturated rings. The Balaban J connectivity index is 2.10. The van der Waals surface area contributed by atoms with Crippen LogP contribution in [0.3, 0.4) is 0 Å². The van der Waals surface area contributed by atoms with Gasteiger partial charge in [0.25, 0.3) is 0 Å². The fourth-order valence-electron chi connectivity index (χ4n) is 2.14. The minimum Gasteiger partial charge on any atom is -0.393 e. The van der Waals surface area contributed by atoms with Gasteiger partial charge in [-0.2, -0.15) is 0 Å². The Bertz CT molecular complexity index is 248. The average Bonchev–Trinajstić information content (AvgIpc) is 2.42. The minimum atomic E-state index is -0.364. The van der Waals surface area contributed by atoms with Gasteiger partial charge < -0.3 is 9.47 Å². The van der Waals surface area contributed by atoms with E-state index in [-0.39, 0.29) is 29.9 Å². The van der Waals surface area contributed by atoms with Crippen LogP contribution in [0.15, 0.2) is 0 Å². The zero-order valence-corrected chi connectivity index (χ0v) is 7.49. The fraction of sp³-hybridized carbons (Fsp3) is 0.778. The molecule has 1 saturated heterocycles. The molecule has 2 rings (SSSR count). The molecule has 4 nitrogen and oxygen atoms in total. The van der Waals surface area contributed by atoms with Gasteiger partial charge in [0, 0.05) is 7.11 Å². The standard InChI is InChI=1S/C9H12O4/c1-12-5-2-3-6-7(4-5)9(11)13-8(6)10/h5-7H,2-4H2,1H3. The minimum absolute atomic E-state index is 0.111. The molecule has 4 heteroatoms. The first-order chi connectivity index (χ1) is 6.22. The molecule has 1 saturated carbocycles. The van der Waals surface area contributed by atoms with E-state index in [0.717, 1.165) is 6.42 Å². The fourth-order valence-corrected chi connectivity index (χ4v) is 2.14. The third-order valence-electron chi connectivity index (χ3n) is 2.94. The van der Waals surface area contributed by atoms with E-state index in [9.17, 15) is 9.59 Å². The molecule has 3 unspecified atom stereocenters. The molecule has 0 radical (unpaired) electrons. The van der Waals surface area contributed by atoms with Gasteiger partial charge >= 0.3 is 11.9 Å². The summed E-state index contributed by atoms with van der Waals surface area (Å²) in [5, 5.41) is 0. The summed E-state index contributed by atoms with van der Waals surface area (Å²) in [6.45, 7) is 0. The van der Waals surface area contributed by atoms with Gasteiger partial charge in [-0.05, 0) is 19.3 Å². The Hall–Kier alpha value is -0.900. The summed E-state index contributed by atoms with van der Waals surface area (Å²) in [7, 11) is 1.63. The molecule has 1 heterocycles. The van der Waals surface area contributed by atoms with Gasteiger partial charge in [-0.15, -0.1) is 0 Å². The molecule has 0 aromatic heterocycles. The molecular formula is C9H12O4. The van der Waals surface area contributed by atoms with Crippen molar-refractivity contribution in [2.24, 2.45) is 11.8 Å². The SMILES string of the molecule is COC1CCC2C(=O)OC(=O)C2C1. The maximum atomic E-state index is 11.2. The van der Waals surface area contributed by atoms with Gasteiger partial charge in [-0.1, -0.05) is 0 Å². The predicted molar refractivity (Wildman–Crippen MR) is 42.7 cm³/mol. The molecule has 3 atom stereocenters. The Morgan fingerprint density at radius 2 is 1.92 bits per heavy atom. The van der Waals surface area contributed by atoms with E-state index in [2.05, 4.69) is 4.74 Å². The van der Waals surface area contributed by atoms with E-state index in [1.807, 2.05) is 0 Å². The summed E-state index contributed by atoms with van der Waals surface area (Å²) in [5.74, 6) is -1.15. The van der Waals surface area contributed by atoms with Crippen molar-refractivity contribution < 1.29 is 19.1 Å². The number of cyclic esters (lactones) is 2. The van der Waals surface area contributed by atoms with Crippen LogP contribution >= 0.6 is 0 Å². The van der Waals surface area contributed by atoms with Crippen LogP contribution in [0.1, 0.15) is 19.3 Å². The summed E-state index contributed by atoms with van der Waals surface area (Å²) in [6, 6.07) is 0. The highest BCUT2D eigenvalue weighted by Crippen LogP contribution is 2.37. The second kappa shape index (κ2) is 3.10. The topological polar surface area (TPSA) is 52.6 Å². The summed E-state index contributed by atoms with van der Waals surface area (Å²) < 4.78 is 9.73. The van der Waals surface area contributed by atoms with Gasteiger partial charge in [0.15, 0.2) is 0 Å². The van der Waals surface area contributed by atoms with E-state index < -0.39 is 0 Å². The lowest BCUT2D eigenvalue weighted by atomic mass is 9.79. The molecule has 0 amide bonds. The van der Waals surface area contributed by atoms with Crippen LogP contribution < -0.4 is 0 Å². The second-order valence-electron chi connectivity index (χ2n) is 3.62. The van der Waals surface area contributed by atoms with Crippen molar-refractivity contribution in [2.75, 3.05) is 7.11 Å². The quantitative estimate of drug-likeness (QED) is 0.440. The second-order valence-corrected chi connectivity index (χ2v) is 3.62. The Morgan fingerprint density at radius 3 is 2.62 bits per heavy atom. The van der Waals surface area contributed by atoms with E-state index in [4.69, 9.17) is 4.74 Å². The highest BCUT2D eigenvalue weighted by atomic mass is 16.6. The number of carbonyl (C=O) groups is 2. The van der Waals surface area contributed by atoms with Crippen molar-refractivity contribution in [3.8, 4) is 0 Å². The molecule has 72 valence electrons. The lowest BCUT2D eigenvalue weighted by molar-refractivity contribution is -0.153. The largest absolute Gasteiger partial charge is 0.393 e. The summed E-state index contributed by atoms with van der Waals surface area (Å²) >= 11 is 0. The highest BCUT2D eigenvalue weighted by molar-refractivity contribution is 5.96. The van der Waals surface area contributed by atoms with Crippen LogP contribution in [-0.4, -0.2) is 25.2 Å². The Morgan fingerprint density at radius 1 is 1.23 bits per heavy atom. The van der Waals surface area contributed by atoms with Crippen LogP contribution in [-0.2, 0) is 19.1 Å². The molecule has 0 bridgehead atoms. The molecule has 1 aliphatic heterocycles. The summed E-state index contributed by atoms with van der Waals surface area (Å²) in [4.78, 5) is 22.3. The number of esters is 2. The number of carbonyl (C=O) groups excluding carboxylic acids is 2. The molecule has 0 aromatic carbocycles. The molecule has 0 spiro atoms. The number of ether oxygens (including phenoxy) is 2. The number of hydrogen-bond donors (Lipinski definition) is 0. The van der Waals surface area contributed by atoms with Crippen molar-refractivity contribution in [2.45, 2.75) is 25.4 Å². The molecule has 1 aliphatic carbocycles. The summed E-state index contributed by atoms with van der Waals surface area (Å²) in [5.41, 5.74) is 0. The molecule has 13 heavy (non-hydrogen) atoms. The Labute approximate surface area is 76.2 Å². The number of fused-ring (bicyclic) bond motifs is 1. The van der Waals surface area contributed by atoms with Gasteiger partial charge in [-0.3, -0.25) is 9.59 Å². The van der Waals surface area contributed by atoms with E-state index in [1.165, 1.54) is 0 Å². The summed E-state index contributed by atoms with van der Waals surface area (Å²) in [6.07, 6.45) is 2.30. The van der Waals surface area contributed by atoms with Crippen molar-refractivity contribution in [1.29, 1.82) is 0 Å². The van der Waals surface area contributed by atoms with Gasteiger partial charge in [0.1, 0.15) is 0 Å².